The second-order valence-electron chi connectivity index (χ2n) is 7.80. The summed E-state index contributed by atoms with van der Waals surface area (Å²) in [5.41, 5.74) is 1.33. The molecule has 2 aromatic rings. The van der Waals surface area contributed by atoms with E-state index in [0.717, 1.165) is 19.4 Å². The first-order valence-corrected chi connectivity index (χ1v) is 11.4. The Morgan fingerprint density at radius 3 is 2.40 bits per heavy atom. The molecule has 0 bridgehead atoms. The van der Waals surface area contributed by atoms with Crippen molar-refractivity contribution in [2.75, 3.05) is 6.54 Å². The van der Waals surface area contributed by atoms with Crippen LogP contribution in [0.25, 0.3) is 0 Å². The topological polar surface area (TPSA) is 29.1 Å². The molecule has 1 amide bonds. The molecule has 0 radical (unpaired) electrons. The van der Waals surface area contributed by atoms with Crippen LogP contribution in [0.15, 0.2) is 34.3 Å². The molecule has 0 unspecified atom stereocenters. The Bertz CT molecular complexity index is 678. The fourth-order valence-corrected chi connectivity index (χ4v) is 6.66. The van der Waals surface area contributed by atoms with Gasteiger partial charge in [-0.25, -0.2) is 0 Å². The van der Waals surface area contributed by atoms with E-state index in [-0.39, 0.29) is 16.7 Å². The molecule has 2 aliphatic carbocycles. The van der Waals surface area contributed by atoms with Crippen molar-refractivity contribution in [3.05, 3.63) is 44.8 Å². The van der Waals surface area contributed by atoms with Gasteiger partial charge >= 0.3 is 0 Å². The van der Waals surface area contributed by atoms with Gasteiger partial charge in [0, 0.05) is 16.8 Å². The van der Waals surface area contributed by atoms with Crippen LogP contribution in [0.2, 0.25) is 0 Å². The molecule has 0 saturated heterocycles. The van der Waals surface area contributed by atoms with Crippen molar-refractivity contribution in [3.8, 4) is 0 Å². The van der Waals surface area contributed by atoms with Crippen LogP contribution in [0, 0.1) is 0 Å². The Labute approximate surface area is 158 Å². The highest BCUT2D eigenvalue weighted by atomic mass is 32.1. The first-order chi connectivity index (χ1) is 12.3. The standard InChI is InChI=1S/C21H27NOS2/c23-19(21(11-2-1-3-12-21)18-7-6-13-25-18)22-16-20(9-4-5-10-20)17-8-14-24-15-17/h6-8,13-15H,1-5,9-12,16H2,(H,22,23). The maximum Gasteiger partial charge on any atom is 0.231 e. The SMILES string of the molecule is O=C(NCC1(c2ccsc2)CCCC1)C1(c2cccs2)CCCCC1. The molecular formula is C21H27NOS2. The number of amides is 1. The number of rotatable bonds is 5. The highest BCUT2D eigenvalue weighted by Crippen LogP contribution is 2.44. The minimum absolute atomic E-state index is 0.168. The molecule has 0 aliphatic heterocycles. The number of carbonyl (C=O) groups excluding carboxylic acids is 1. The summed E-state index contributed by atoms with van der Waals surface area (Å²) in [5, 5.41) is 10.00. The molecule has 0 atom stereocenters. The third kappa shape index (κ3) is 3.19. The van der Waals surface area contributed by atoms with Crippen molar-refractivity contribution in [1.82, 2.24) is 5.32 Å². The highest BCUT2D eigenvalue weighted by molar-refractivity contribution is 7.10. The van der Waals surface area contributed by atoms with Crippen molar-refractivity contribution < 1.29 is 4.79 Å². The van der Waals surface area contributed by atoms with Crippen LogP contribution in [-0.2, 0) is 15.6 Å². The van der Waals surface area contributed by atoms with E-state index in [4.69, 9.17) is 0 Å². The van der Waals surface area contributed by atoms with Gasteiger partial charge in [0.25, 0.3) is 0 Å². The van der Waals surface area contributed by atoms with Crippen LogP contribution < -0.4 is 5.32 Å². The Morgan fingerprint density at radius 1 is 1.00 bits per heavy atom. The van der Waals surface area contributed by atoms with E-state index in [1.165, 1.54) is 55.4 Å². The predicted octanol–water partition coefficient (Wildman–Crippen LogP) is 5.64. The molecule has 4 rings (SSSR count). The van der Waals surface area contributed by atoms with E-state index >= 15 is 0 Å². The molecule has 2 aromatic heterocycles. The van der Waals surface area contributed by atoms with Gasteiger partial charge in [-0.15, -0.1) is 11.3 Å². The quantitative estimate of drug-likeness (QED) is 0.722. The zero-order chi connectivity index (χ0) is 17.2. The fourth-order valence-electron chi connectivity index (χ4n) is 4.90. The van der Waals surface area contributed by atoms with Gasteiger partial charge in [-0.3, -0.25) is 4.79 Å². The second kappa shape index (κ2) is 7.24. The van der Waals surface area contributed by atoms with Crippen LogP contribution in [0.1, 0.15) is 68.2 Å². The molecule has 2 saturated carbocycles. The molecule has 25 heavy (non-hydrogen) atoms. The zero-order valence-electron chi connectivity index (χ0n) is 14.8. The zero-order valence-corrected chi connectivity index (χ0v) is 16.4. The van der Waals surface area contributed by atoms with Crippen LogP contribution in [0.5, 0.6) is 0 Å². The molecule has 4 heteroatoms. The van der Waals surface area contributed by atoms with E-state index in [1.54, 1.807) is 22.7 Å². The summed E-state index contributed by atoms with van der Waals surface area (Å²) in [5.74, 6) is 0.274. The summed E-state index contributed by atoms with van der Waals surface area (Å²) < 4.78 is 0. The third-order valence-corrected chi connectivity index (χ3v) is 8.17. The normalized spacial score (nSPS) is 21.9. The number of nitrogens with one attached hydrogen (secondary N) is 1. The second-order valence-corrected chi connectivity index (χ2v) is 9.53. The molecule has 2 aliphatic rings. The third-order valence-electron chi connectivity index (χ3n) is 6.42. The summed E-state index contributed by atoms with van der Waals surface area (Å²) >= 11 is 3.53. The summed E-state index contributed by atoms with van der Waals surface area (Å²) in [6, 6.07) is 6.52. The largest absolute Gasteiger partial charge is 0.354 e. The fraction of sp³-hybridized carbons (Fsp3) is 0.571. The molecule has 2 fully saturated rings. The first kappa shape index (κ1) is 17.3. The van der Waals surface area contributed by atoms with E-state index in [0.29, 0.717) is 0 Å². The lowest BCUT2D eigenvalue weighted by Gasteiger charge is -2.37. The molecule has 2 nitrogen and oxygen atoms in total. The lowest BCUT2D eigenvalue weighted by molar-refractivity contribution is -0.128. The minimum atomic E-state index is -0.277. The molecule has 134 valence electrons. The number of hydrogen-bond acceptors (Lipinski definition) is 3. The lowest BCUT2D eigenvalue weighted by Crippen LogP contribution is -2.49. The van der Waals surface area contributed by atoms with Gasteiger partial charge in [-0.05, 0) is 59.5 Å². The van der Waals surface area contributed by atoms with Crippen LogP contribution in [0.3, 0.4) is 0 Å². The van der Waals surface area contributed by atoms with Gasteiger partial charge in [0.1, 0.15) is 0 Å². The summed E-state index contributed by atoms with van der Waals surface area (Å²) in [7, 11) is 0. The summed E-state index contributed by atoms with van der Waals surface area (Å²) in [6.45, 7) is 0.801. The average molecular weight is 374 g/mol. The van der Waals surface area contributed by atoms with Crippen molar-refractivity contribution in [3.63, 3.8) is 0 Å². The molecule has 0 aromatic carbocycles. The Hall–Kier alpha value is -1.13. The average Bonchev–Trinajstić information content (AvgIpc) is 3.43. The number of hydrogen-bond donors (Lipinski definition) is 1. The smallest absolute Gasteiger partial charge is 0.231 e. The molecular weight excluding hydrogens is 346 g/mol. The number of thiophene rings is 2. The van der Waals surface area contributed by atoms with Crippen molar-refractivity contribution in [1.29, 1.82) is 0 Å². The monoisotopic (exact) mass is 373 g/mol. The van der Waals surface area contributed by atoms with E-state index in [2.05, 4.69) is 39.7 Å². The van der Waals surface area contributed by atoms with Gasteiger partial charge < -0.3 is 5.32 Å². The van der Waals surface area contributed by atoms with Gasteiger partial charge in [-0.1, -0.05) is 38.2 Å². The molecule has 2 heterocycles. The summed E-state index contributed by atoms with van der Waals surface area (Å²) in [6.07, 6.45) is 10.6. The van der Waals surface area contributed by atoms with Gasteiger partial charge in [0.05, 0.1) is 5.41 Å². The minimum Gasteiger partial charge on any atom is -0.354 e. The maximum absolute atomic E-state index is 13.4. The lowest BCUT2D eigenvalue weighted by atomic mass is 9.72. The molecule has 0 spiro atoms. The Kier molecular flexibility index (Phi) is 5.01. The predicted molar refractivity (Wildman–Crippen MR) is 107 cm³/mol. The van der Waals surface area contributed by atoms with Crippen molar-refractivity contribution in [2.45, 2.75) is 68.6 Å². The number of carbonyl (C=O) groups is 1. The first-order valence-electron chi connectivity index (χ1n) is 9.60. The highest BCUT2D eigenvalue weighted by Gasteiger charge is 2.43. The van der Waals surface area contributed by atoms with Crippen LogP contribution in [-0.4, -0.2) is 12.5 Å². The van der Waals surface area contributed by atoms with Crippen LogP contribution in [0.4, 0.5) is 0 Å². The van der Waals surface area contributed by atoms with Gasteiger partial charge in [0.2, 0.25) is 5.91 Å². The van der Waals surface area contributed by atoms with Gasteiger partial charge in [-0.2, -0.15) is 11.3 Å². The maximum atomic E-state index is 13.4. The Morgan fingerprint density at radius 2 is 1.76 bits per heavy atom. The van der Waals surface area contributed by atoms with E-state index in [1.807, 2.05) is 0 Å². The van der Waals surface area contributed by atoms with Gasteiger partial charge in [0.15, 0.2) is 0 Å². The molecule has 1 N–H and O–H groups in total. The van der Waals surface area contributed by atoms with E-state index < -0.39 is 0 Å². The van der Waals surface area contributed by atoms with Crippen LogP contribution >= 0.6 is 22.7 Å². The summed E-state index contributed by atoms with van der Waals surface area (Å²) in [4.78, 5) is 14.6. The van der Waals surface area contributed by atoms with Crippen molar-refractivity contribution >= 4 is 28.6 Å². The van der Waals surface area contributed by atoms with Crippen molar-refractivity contribution in [2.24, 2.45) is 0 Å². The van der Waals surface area contributed by atoms with E-state index in [9.17, 15) is 4.79 Å². The Balaban J connectivity index is 1.54.